The molecule has 1 saturated heterocycles. The molecule has 0 radical (unpaired) electrons. The van der Waals surface area contributed by atoms with Gasteiger partial charge in [-0.15, -0.1) is 0 Å². The maximum atomic E-state index is 5.87. The molecule has 0 aromatic carbocycles. The Balaban J connectivity index is 2.32. The molecular weight excluding hydrogens is 256 g/mol. The number of thiocarbonyl (C=S) groups is 1. The van der Waals surface area contributed by atoms with Gasteiger partial charge in [0, 0.05) is 20.1 Å². The molecule has 1 aliphatic heterocycles. The lowest BCUT2D eigenvalue weighted by molar-refractivity contribution is 0.263. The minimum Gasteiger partial charge on any atom is -0.389 e. The molecule has 5 heteroatoms. The van der Waals surface area contributed by atoms with Gasteiger partial charge in [0.2, 0.25) is 0 Å². The second-order valence-corrected chi connectivity index (χ2v) is 7.01. The zero-order chi connectivity index (χ0) is 14.4. The van der Waals surface area contributed by atoms with Gasteiger partial charge in [0.25, 0.3) is 0 Å². The minimum absolute atomic E-state index is 0.339. The summed E-state index contributed by atoms with van der Waals surface area (Å²) in [5.41, 5.74) is 8.06. The van der Waals surface area contributed by atoms with E-state index in [9.17, 15) is 0 Å². The van der Waals surface area contributed by atoms with Crippen LogP contribution in [0.5, 0.6) is 0 Å². The third-order valence-corrected chi connectivity index (χ3v) is 4.35. The van der Waals surface area contributed by atoms with Crippen molar-refractivity contribution in [3.63, 3.8) is 0 Å². The molecule has 1 aromatic rings. The second-order valence-electron chi connectivity index (χ2n) is 6.57. The molecule has 0 amide bonds. The zero-order valence-corrected chi connectivity index (χ0v) is 13.3. The summed E-state index contributed by atoms with van der Waals surface area (Å²) in [6.07, 6.45) is 1.21. The van der Waals surface area contributed by atoms with Crippen molar-refractivity contribution in [1.82, 2.24) is 9.78 Å². The fourth-order valence-corrected chi connectivity index (χ4v) is 3.20. The van der Waals surface area contributed by atoms with Crippen LogP contribution in [-0.2, 0) is 7.05 Å². The number of hydrogen-bond donors (Lipinski definition) is 1. The monoisotopic (exact) mass is 280 g/mol. The lowest BCUT2D eigenvalue weighted by Gasteiger charge is -2.27. The average molecular weight is 280 g/mol. The van der Waals surface area contributed by atoms with E-state index in [0.717, 1.165) is 30.2 Å². The van der Waals surface area contributed by atoms with E-state index in [4.69, 9.17) is 18.0 Å². The Morgan fingerprint density at radius 3 is 2.53 bits per heavy atom. The Morgan fingerprint density at radius 2 is 2.05 bits per heavy atom. The molecule has 0 aliphatic carbocycles. The van der Waals surface area contributed by atoms with E-state index in [1.165, 1.54) is 6.42 Å². The molecule has 1 aromatic heterocycles. The first kappa shape index (κ1) is 14.3. The summed E-state index contributed by atoms with van der Waals surface area (Å²) in [5.74, 6) is 1.78. The topological polar surface area (TPSA) is 47.1 Å². The molecule has 2 N–H and O–H groups in total. The number of aryl methyl sites for hydroxylation is 2. The highest BCUT2D eigenvalue weighted by atomic mass is 32.1. The Bertz CT molecular complexity index is 498. The number of nitrogens with zero attached hydrogens (tertiary/aromatic N) is 3. The number of rotatable bonds is 2. The lowest BCUT2D eigenvalue weighted by Crippen LogP contribution is -2.28. The third-order valence-electron chi connectivity index (χ3n) is 4.15. The first-order valence-electron chi connectivity index (χ1n) is 6.80. The van der Waals surface area contributed by atoms with E-state index < -0.39 is 0 Å². The lowest BCUT2D eigenvalue weighted by atomic mass is 9.80. The van der Waals surface area contributed by atoms with E-state index in [-0.39, 0.29) is 0 Å². The van der Waals surface area contributed by atoms with Crippen LogP contribution in [0.3, 0.4) is 0 Å². The fraction of sp³-hybridized carbons (Fsp3) is 0.714. The van der Waals surface area contributed by atoms with Crippen LogP contribution < -0.4 is 10.6 Å². The molecule has 4 nitrogen and oxygen atoms in total. The molecule has 106 valence electrons. The molecule has 1 fully saturated rings. The van der Waals surface area contributed by atoms with Crippen molar-refractivity contribution in [2.45, 2.75) is 34.1 Å². The van der Waals surface area contributed by atoms with Crippen molar-refractivity contribution in [2.75, 3.05) is 18.0 Å². The Kier molecular flexibility index (Phi) is 3.60. The quantitative estimate of drug-likeness (QED) is 0.844. The highest BCUT2D eigenvalue weighted by Gasteiger charge is 2.34. The number of anilines is 1. The smallest absolute Gasteiger partial charge is 0.137 e. The van der Waals surface area contributed by atoms with Crippen LogP contribution in [0, 0.1) is 18.3 Å². The van der Waals surface area contributed by atoms with Crippen molar-refractivity contribution >= 4 is 23.0 Å². The highest BCUT2D eigenvalue weighted by Crippen LogP contribution is 2.36. The zero-order valence-electron chi connectivity index (χ0n) is 12.5. The summed E-state index contributed by atoms with van der Waals surface area (Å²) >= 11 is 5.19. The van der Waals surface area contributed by atoms with E-state index in [1.54, 1.807) is 0 Å². The van der Waals surface area contributed by atoms with Gasteiger partial charge in [-0.3, -0.25) is 4.68 Å². The molecule has 2 rings (SSSR count). The van der Waals surface area contributed by atoms with Crippen LogP contribution in [0.2, 0.25) is 0 Å². The van der Waals surface area contributed by atoms with Crippen LogP contribution >= 0.6 is 12.2 Å². The largest absolute Gasteiger partial charge is 0.389 e. The third kappa shape index (κ3) is 2.61. The predicted octanol–water partition coefficient (Wildman–Crippen LogP) is 2.24. The molecule has 0 saturated carbocycles. The van der Waals surface area contributed by atoms with Crippen molar-refractivity contribution < 1.29 is 0 Å². The molecule has 0 spiro atoms. The first-order valence-corrected chi connectivity index (χ1v) is 7.21. The number of nitrogens with two attached hydrogens (primary N) is 1. The van der Waals surface area contributed by atoms with Gasteiger partial charge in [0.15, 0.2) is 0 Å². The van der Waals surface area contributed by atoms with Crippen LogP contribution in [0.25, 0.3) is 0 Å². The van der Waals surface area contributed by atoms with Crippen LogP contribution in [-0.4, -0.2) is 27.9 Å². The molecule has 1 atom stereocenters. The Morgan fingerprint density at radius 1 is 1.42 bits per heavy atom. The van der Waals surface area contributed by atoms with Gasteiger partial charge in [-0.1, -0.05) is 33.0 Å². The highest BCUT2D eigenvalue weighted by molar-refractivity contribution is 7.80. The molecule has 1 aliphatic rings. The van der Waals surface area contributed by atoms with Crippen LogP contribution in [0.15, 0.2) is 0 Å². The SMILES string of the molecule is Cc1nn(C)c(N2CCC(C(C)(C)C)C2)c1C(N)=S. The molecule has 0 bridgehead atoms. The van der Waals surface area contributed by atoms with Crippen molar-refractivity contribution in [3.8, 4) is 0 Å². The fourth-order valence-electron chi connectivity index (χ4n) is 2.96. The van der Waals surface area contributed by atoms with Gasteiger partial charge in [-0.05, 0) is 24.7 Å². The van der Waals surface area contributed by atoms with E-state index in [0.29, 0.717) is 16.3 Å². The van der Waals surface area contributed by atoms with Gasteiger partial charge in [0.1, 0.15) is 10.8 Å². The van der Waals surface area contributed by atoms with Crippen molar-refractivity contribution in [3.05, 3.63) is 11.3 Å². The average Bonchev–Trinajstić information content (AvgIpc) is 2.81. The van der Waals surface area contributed by atoms with E-state index in [1.807, 2.05) is 18.7 Å². The normalized spacial score (nSPS) is 20.1. The van der Waals surface area contributed by atoms with E-state index >= 15 is 0 Å². The summed E-state index contributed by atoms with van der Waals surface area (Å²) in [6.45, 7) is 11.0. The van der Waals surface area contributed by atoms with Crippen molar-refractivity contribution in [2.24, 2.45) is 24.1 Å². The van der Waals surface area contributed by atoms with Crippen LogP contribution in [0.1, 0.15) is 38.4 Å². The van der Waals surface area contributed by atoms with Gasteiger partial charge < -0.3 is 10.6 Å². The Labute approximate surface area is 121 Å². The minimum atomic E-state index is 0.339. The number of aromatic nitrogens is 2. The predicted molar refractivity (Wildman–Crippen MR) is 83.6 cm³/mol. The van der Waals surface area contributed by atoms with Gasteiger partial charge in [-0.25, -0.2) is 0 Å². The molecule has 1 unspecified atom stereocenters. The van der Waals surface area contributed by atoms with Crippen LogP contribution in [0.4, 0.5) is 5.82 Å². The summed E-state index contributed by atoms with van der Waals surface area (Å²) in [6, 6.07) is 0. The Hall–Kier alpha value is -1.10. The summed E-state index contributed by atoms with van der Waals surface area (Å²) in [5, 5.41) is 4.47. The number of hydrogen-bond acceptors (Lipinski definition) is 3. The second kappa shape index (κ2) is 4.78. The summed E-state index contributed by atoms with van der Waals surface area (Å²) < 4.78 is 1.91. The molecule has 2 heterocycles. The maximum absolute atomic E-state index is 5.87. The van der Waals surface area contributed by atoms with E-state index in [2.05, 4.69) is 30.8 Å². The van der Waals surface area contributed by atoms with Gasteiger partial charge in [-0.2, -0.15) is 5.10 Å². The standard InChI is InChI=1S/C14H24N4S/c1-9-11(12(15)19)13(17(5)16-9)18-7-6-10(8-18)14(2,3)4/h10H,6-8H2,1-5H3,(H2,15,19). The molecular formula is C14H24N4S. The first-order chi connectivity index (χ1) is 8.71. The van der Waals surface area contributed by atoms with Crippen molar-refractivity contribution in [1.29, 1.82) is 0 Å². The summed E-state index contributed by atoms with van der Waals surface area (Å²) in [4.78, 5) is 2.82. The summed E-state index contributed by atoms with van der Waals surface area (Å²) in [7, 11) is 1.97. The molecule has 19 heavy (non-hydrogen) atoms. The maximum Gasteiger partial charge on any atom is 0.137 e. The van der Waals surface area contributed by atoms with Gasteiger partial charge >= 0.3 is 0 Å². The van der Waals surface area contributed by atoms with Gasteiger partial charge in [0.05, 0.1) is 11.3 Å².